The van der Waals surface area contributed by atoms with Crippen molar-refractivity contribution >= 4 is 58.6 Å². The van der Waals surface area contributed by atoms with Gasteiger partial charge in [-0.1, -0.05) is 60.7 Å². The second-order valence-corrected chi connectivity index (χ2v) is 19.1. The fourth-order valence-electron chi connectivity index (χ4n) is 6.85. The molecule has 2 heterocycles. The fraction of sp³-hybridized carbons (Fsp3) is 0.409. The van der Waals surface area contributed by atoms with Gasteiger partial charge in [-0.05, 0) is 88.4 Å². The number of alkyl carbamates (subject to hydrolysis) is 2. The molecule has 0 spiro atoms. The highest BCUT2D eigenvalue weighted by molar-refractivity contribution is 7.10. The Hall–Kier alpha value is -5.88. The summed E-state index contributed by atoms with van der Waals surface area (Å²) in [4.78, 5) is 75.6. The van der Waals surface area contributed by atoms with Crippen molar-refractivity contribution in [1.82, 2.24) is 21.3 Å². The number of nitrogens with two attached hydrogens (primary N) is 1. The molecule has 2 aliphatic carbocycles. The Morgan fingerprint density at radius 1 is 0.677 bits per heavy atom. The number of hydrogen-bond donors (Lipinski definition) is 6. The number of primary amides is 1. The summed E-state index contributed by atoms with van der Waals surface area (Å²) < 4.78 is 38.4. The Bertz CT molecular complexity index is 2100. The number of thiophene rings is 2. The van der Waals surface area contributed by atoms with Crippen molar-refractivity contribution in [2.75, 3.05) is 0 Å². The van der Waals surface area contributed by atoms with Crippen LogP contribution in [0.4, 0.5) is 18.4 Å². The number of carbonyl (C=O) groups is 6. The topological polar surface area (TPSA) is 215 Å². The first-order valence-corrected chi connectivity index (χ1v) is 21.5. The summed E-state index contributed by atoms with van der Waals surface area (Å²) >= 11 is 2.24. The minimum Gasteiger partial charge on any atom is -0.479 e. The van der Waals surface area contributed by atoms with E-state index in [9.17, 15) is 42.7 Å². The molecule has 2 saturated carbocycles. The van der Waals surface area contributed by atoms with Gasteiger partial charge in [0.25, 0.3) is 0 Å². The molecule has 62 heavy (non-hydrogen) atoms. The fourth-order valence-corrected chi connectivity index (χ4v) is 8.44. The van der Waals surface area contributed by atoms with Crippen LogP contribution in [0.5, 0.6) is 0 Å². The van der Waals surface area contributed by atoms with Gasteiger partial charge in [0.05, 0.1) is 0 Å². The predicted octanol–water partition coefficient (Wildman–Crippen LogP) is 6.30. The number of ether oxygens (including phenoxy) is 2. The summed E-state index contributed by atoms with van der Waals surface area (Å²) in [6.45, 7) is 10.1. The van der Waals surface area contributed by atoms with Crippen LogP contribution in [0, 0.1) is 11.6 Å². The lowest BCUT2D eigenvalue weighted by Gasteiger charge is -2.25. The highest BCUT2D eigenvalue weighted by Crippen LogP contribution is 2.52. The Labute approximate surface area is 365 Å². The zero-order valence-electron chi connectivity index (χ0n) is 35.1. The largest absolute Gasteiger partial charge is 0.479 e. The van der Waals surface area contributed by atoms with Gasteiger partial charge in [-0.15, -0.1) is 22.7 Å². The average Bonchev–Trinajstić information content (AvgIpc) is 4.00. The van der Waals surface area contributed by atoms with E-state index >= 15 is 0 Å². The molecule has 2 aromatic carbocycles. The Kier molecular flexibility index (Phi) is 14.5. The third kappa shape index (κ3) is 12.1. The normalized spacial score (nSPS) is 21.1. The summed E-state index contributed by atoms with van der Waals surface area (Å²) in [5.74, 6) is -4.77. The van der Waals surface area contributed by atoms with Crippen LogP contribution in [0.15, 0.2) is 83.6 Å². The van der Waals surface area contributed by atoms with Gasteiger partial charge >= 0.3 is 18.2 Å². The van der Waals surface area contributed by atoms with Crippen LogP contribution in [0.1, 0.15) is 87.1 Å². The molecule has 14 nitrogen and oxygen atoms in total. The predicted molar refractivity (Wildman–Crippen MR) is 228 cm³/mol. The number of carbonyl (C=O) groups excluding carboxylic acids is 5. The molecule has 0 radical (unpaired) electrons. The lowest BCUT2D eigenvalue weighted by atomic mass is 10.0. The molecule has 4 unspecified atom stereocenters. The molecule has 6 rings (SSSR count). The van der Waals surface area contributed by atoms with Gasteiger partial charge < -0.3 is 41.6 Å². The van der Waals surface area contributed by atoms with Crippen LogP contribution in [-0.4, -0.2) is 75.3 Å². The molecular weight excluding hydrogens is 845 g/mol. The zero-order chi connectivity index (χ0) is 45.6. The highest BCUT2D eigenvalue weighted by Gasteiger charge is 2.63. The second-order valence-electron chi connectivity index (χ2n) is 17.1. The molecule has 18 heteroatoms. The molecule has 0 aliphatic heterocycles. The third-order valence-electron chi connectivity index (χ3n) is 10.0. The van der Waals surface area contributed by atoms with Gasteiger partial charge in [0.1, 0.15) is 46.0 Å². The zero-order valence-corrected chi connectivity index (χ0v) is 36.7. The number of benzene rings is 2. The second kappa shape index (κ2) is 19.0. The van der Waals surface area contributed by atoms with Crippen molar-refractivity contribution in [3.63, 3.8) is 0 Å². The summed E-state index contributed by atoms with van der Waals surface area (Å²) in [6.07, 6.45) is -1.29. The Morgan fingerprint density at radius 2 is 1.05 bits per heavy atom. The van der Waals surface area contributed by atoms with Crippen molar-refractivity contribution in [2.45, 2.75) is 113 Å². The van der Waals surface area contributed by atoms with E-state index in [4.69, 9.17) is 15.2 Å². The molecular formula is C44H51F2N5O9S2. The van der Waals surface area contributed by atoms with Gasteiger partial charge in [-0.3, -0.25) is 14.4 Å². The van der Waals surface area contributed by atoms with Crippen LogP contribution in [0.25, 0.3) is 0 Å². The van der Waals surface area contributed by atoms with E-state index in [1.807, 2.05) is 36.4 Å². The van der Waals surface area contributed by atoms with Crippen LogP contribution < -0.4 is 27.0 Å². The van der Waals surface area contributed by atoms with Crippen molar-refractivity contribution in [3.8, 4) is 0 Å². The number of nitrogens with one attached hydrogen (secondary N) is 4. The lowest BCUT2D eigenvalue weighted by molar-refractivity contribution is -0.143. The SMILES string of the molecule is CC(C)(C)OC(=O)NC(Cc1sccc1F)C(=O)N[C@]1(C(=O)O)CC1c1ccccc1.CC(C)(C)OC(=O)NC(Cc1sccc1F)C(=O)N[C@]1(C(N)=O)CC1c1ccccc1. The molecule has 2 aliphatic rings. The van der Waals surface area contributed by atoms with E-state index in [0.717, 1.165) is 33.8 Å². The van der Waals surface area contributed by atoms with E-state index in [1.165, 1.54) is 17.5 Å². The minimum atomic E-state index is -1.47. The summed E-state index contributed by atoms with van der Waals surface area (Å²) in [5.41, 5.74) is 3.01. The molecule has 6 atom stereocenters. The van der Waals surface area contributed by atoms with Gasteiger partial charge in [0, 0.05) is 34.4 Å². The Balaban J connectivity index is 0.000000234. The van der Waals surface area contributed by atoms with Gasteiger partial charge in [-0.25, -0.2) is 23.2 Å². The van der Waals surface area contributed by atoms with E-state index < -0.39 is 87.8 Å². The lowest BCUT2D eigenvalue weighted by Crippen LogP contribution is -2.56. The van der Waals surface area contributed by atoms with Crippen LogP contribution >= 0.6 is 22.7 Å². The first-order valence-electron chi connectivity index (χ1n) is 19.7. The first kappa shape index (κ1) is 47.2. The monoisotopic (exact) mass is 895 g/mol. The number of amides is 5. The van der Waals surface area contributed by atoms with Crippen LogP contribution in [0.2, 0.25) is 0 Å². The molecule has 5 amide bonds. The summed E-state index contributed by atoms with van der Waals surface area (Å²) in [6, 6.07) is 18.5. The van der Waals surface area contributed by atoms with E-state index in [0.29, 0.717) is 11.3 Å². The van der Waals surface area contributed by atoms with Crippen LogP contribution in [0.3, 0.4) is 0 Å². The number of carboxylic acids is 1. The summed E-state index contributed by atoms with van der Waals surface area (Å²) in [5, 5.41) is 23.2. The van der Waals surface area contributed by atoms with Crippen molar-refractivity contribution in [1.29, 1.82) is 0 Å². The highest BCUT2D eigenvalue weighted by atomic mass is 32.1. The maximum absolute atomic E-state index is 14.0. The van der Waals surface area contributed by atoms with Gasteiger partial charge in [-0.2, -0.15) is 0 Å². The van der Waals surface area contributed by atoms with Gasteiger partial charge in [0.15, 0.2) is 0 Å². The van der Waals surface area contributed by atoms with Crippen LogP contribution in [-0.2, 0) is 41.5 Å². The van der Waals surface area contributed by atoms with E-state index in [2.05, 4.69) is 21.3 Å². The minimum absolute atomic E-state index is 0.0839. The van der Waals surface area contributed by atoms with Gasteiger partial charge in [0.2, 0.25) is 17.7 Å². The maximum Gasteiger partial charge on any atom is 0.408 e. The molecule has 332 valence electrons. The van der Waals surface area contributed by atoms with Crippen molar-refractivity contribution in [3.05, 3.63) is 116 Å². The third-order valence-corrected chi connectivity index (χ3v) is 11.9. The molecule has 0 bridgehead atoms. The summed E-state index contributed by atoms with van der Waals surface area (Å²) in [7, 11) is 0. The van der Waals surface area contributed by atoms with Crippen molar-refractivity contribution < 1.29 is 52.1 Å². The number of aliphatic carboxylic acids is 1. The molecule has 2 fully saturated rings. The van der Waals surface area contributed by atoms with E-state index in [-0.39, 0.29) is 30.1 Å². The first-order chi connectivity index (χ1) is 29.0. The molecule has 4 aromatic rings. The Morgan fingerprint density at radius 3 is 1.39 bits per heavy atom. The molecule has 2 aromatic heterocycles. The van der Waals surface area contributed by atoms with E-state index in [1.54, 1.807) is 71.2 Å². The molecule has 7 N–H and O–H groups in total. The number of carboxylic acid groups (broad SMARTS) is 1. The maximum atomic E-state index is 14.0. The number of hydrogen-bond acceptors (Lipinski definition) is 10. The standard InChI is InChI=1S/C22H26FN3O4S.C22H25FN2O5S/c1-21(2,3)30-20(29)25-16(11-17-15(23)9-10-31-17)18(27)26-22(19(24)28)12-14(22)13-7-5-4-6-8-13;1-21(2,3)30-20(29)24-16(11-17-15(23)9-10-31-17)18(26)25-22(19(27)28)12-14(22)13-7-5-4-6-8-13/h4-10,14,16H,11-12H2,1-3H3,(H2,24,28)(H,25,29)(H,26,27);4-10,14,16H,11-12H2,1-3H3,(H,24,29)(H,25,26)(H,27,28)/t2*14?,16?,22-/m11/s1. The number of rotatable bonds is 14. The van der Waals surface area contributed by atoms with Crippen molar-refractivity contribution in [2.24, 2.45) is 5.73 Å². The quantitative estimate of drug-likeness (QED) is 0.0837. The molecule has 0 saturated heterocycles. The number of halogens is 2. The average molecular weight is 896 g/mol. The smallest absolute Gasteiger partial charge is 0.408 e.